The number of thioether (sulfide) groups is 1. The number of ether oxygens (including phenoxy) is 1. The van der Waals surface area contributed by atoms with Crippen LogP contribution in [0.15, 0.2) is 23.3 Å². The van der Waals surface area contributed by atoms with Crippen molar-refractivity contribution >= 4 is 39.7 Å². The first-order valence-electron chi connectivity index (χ1n) is 5.20. The Morgan fingerprint density at radius 3 is 3.00 bits per heavy atom. The number of nitro groups is 1. The van der Waals surface area contributed by atoms with E-state index in [2.05, 4.69) is 10.0 Å². The zero-order chi connectivity index (χ0) is 14.3. The van der Waals surface area contributed by atoms with Crippen LogP contribution in [-0.4, -0.2) is 15.9 Å². The van der Waals surface area contributed by atoms with Gasteiger partial charge in [-0.3, -0.25) is 10.1 Å². The van der Waals surface area contributed by atoms with E-state index in [1.165, 1.54) is 23.9 Å². The van der Waals surface area contributed by atoms with Crippen LogP contribution in [0.3, 0.4) is 0 Å². The van der Waals surface area contributed by atoms with Crippen molar-refractivity contribution in [1.29, 1.82) is 0 Å². The van der Waals surface area contributed by atoms with E-state index in [1.807, 2.05) is 6.92 Å². The summed E-state index contributed by atoms with van der Waals surface area (Å²) in [6, 6.07) is 4.14. The number of hydrogen-bond donors (Lipinski definition) is 0. The van der Waals surface area contributed by atoms with Crippen LogP contribution in [0.1, 0.15) is 12.5 Å². The van der Waals surface area contributed by atoms with E-state index in [0.29, 0.717) is 22.3 Å². The summed E-state index contributed by atoms with van der Waals surface area (Å²) >= 11 is 6.22. The van der Waals surface area contributed by atoms with Gasteiger partial charge in [0.15, 0.2) is 0 Å². The second kappa shape index (κ2) is 7.57. The Kier molecular flexibility index (Phi) is 6.07. The van der Waals surface area contributed by atoms with Crippen LogP contribution in [-0.2, 0) is 10.5 Å². The Balaban J connectivity index is 2.91. The molecule has 0 spiro atoms. The highest BCUT2D eigenvalue weighted by Crippen LogP contribution is 2.29. The summed E-state index contributed by atoms with van der Waals surface area (Å²) in [4.78, 5) is 12.8. The van der Waals surface area contributed by atoms with Crippen molar-refractivity contribution in [3.05, 3.63) is 44.3 Å². The minimum absolute atomic E-state index is 0.122. The zero-order valence-electron chi connectivity index (χ0n) is 9.98. The summed E-state index contributed by atoms with van der Waals surface area (Å²) < 4.78 is 5.49. The molecular weight excluding hydrogens is 288 g/mol. The number of hydrogen-bond acceptors (Lipinski definition) is 6. The lowest BCUT2D eigenvalue weighted by Crippen LogP contribution is -1.96. The van der Waals surface area contributed by atoms with Gasteiger partial charge in [-0.25, -0.2) is 0 Å². The molecule has 0 heterocycles. The smallest absolute Gasteiger partial charge is 0.269 e. The molecule has 0 bridgehead atoms. The average Bonchev–Trinajstić information content (AvgIpc) is 2.37. The Morgan fingerprint density at radius 2 is 2.42 bits per heavy atom. The minimum Gasteiger partial charge on any atom is -0.479 e. The molecule has 1 rings (SSSR count). The molecule has 0 radical (unpaired) electrons. The van der Waals surface area contributed by atoms with Gasteiger partial charge in [0.05, 0.1) is 11.5 Å². The topological polar surface area (TPSA) is 101 Å². The highest BCUT2D eigenvalue weighted by Gasteiger charge is 2.10. The van der Waals surface area contributed by atoms with Crippen LogP contribution in [0, 0.1) is 10.1 Å². The molecule has 0 atom stereocenters. The Labute approximate surface area is 118 Å². The summed E-state index contributed by atoms with van der Waals surface area (Å²) in [5, 5.41) is 14.1. The maximum absolute atomic E-state index is 10.6. The predicted molar refractivity (Wildman–Crippen MR) is 77.4 cm³/mol. The lowest BCUT2D eigenvalue weighted by Gasteiger charge is -2.06. The largest absolute Gasteiger partial charge is 0.479 e. The third-order valence-electron chi connectivity index (χ3n) is 2.04. The van der Waals surface area contributed by atoms with Crippen LogP contribution in [0.2, 0.25) is 0 Å². The number of azide groups is 1. The molecule has 0 fully saturated rings. The number of rotatable bonds is 5. The molecule has 19 heavy (non-hydrogen) atoms. The van der Waals surface area contributed by atoms with Gasteiger partial charge in [-0.2, -0.15) is 0 Å². The molecule has 0 saturated carbocycles. The lowest BCUT2D eigenvalue weighted by atomic mass is 10.2. The lowest BCUT2D eigenvalue weighted by molar-refractivity contribution is -0.384. The van der Waals surface area contributed by atoms with E-state index in [0.717, 1.165) is 0 Å². The van der Waals surface area contributed by atoms with E-state index in [9.17, 15) is 10.1 Å². The van der Waals surface area contributed by atoms with Gasteiger partial charge in [0.2, 0.25) is 4.38 Å². The summed E-state index contributed by atoms with van der Waals surface area (Å²) in [7, 11) is 0. The van der Waals surface area contributed by atoms with Gasteiger partial charge in [0.1, 0.15) is 0 Å². The van der Waals surface area contributed by atoms with Gasteiger partial charge in [-0.15, -0.1) is 0 Å². The molecule has 100 valence electrons. The van der Waals surface area contributed by atoms with Crippen molar-refractivity contribution in [1.82, 2.24) is 0 Å². The molecule has 0 aliphatic carbocycles. The number of thiocarbonyl (C=S) groups is 1. The Morgan fingerprint density at radius 1 is 1.68 bits per heavy atom. The van der Waals surface area contributed by atoms with Crippen LogP contribution >= 0.6 is 24.0 Å². The molecule has 0 saturated heterocycles. The van der Waals surface area contributed by atoms with Gasteiger partial charge < -0.3 is 4.74 Å². The summed E-state index contributed by atoms with van der Waals surface area (Å²) in [5.74, 6) is 0.422. The SMILES string of the molecule is CCOC(=S)SCc1ccc([N+](=O)[O-])cc1N=[N+]=[N-]. The third kappa shape index (κ3) is 4.74. The quantitative estimate of drug-likeness (QED) is 0.203. The molecule has 0 amide bonds. The highest BCUT2D eigenvalue weighted by molar-refractivity contribution is 8.22. The molecule has 0 aromatic heterocycles. The van der Waals surface area contributed by atoms with Crippen molar-refractivity contribution in [3.8, 4) is 0 Å². The maximum atomic E-state index is 10.6. The number of benzene rings is 1. The Bertz CT molecular complexity index is 544. The van der Waals surface area contributed by atoms with Crippen molar-refractivity contribution in [2.45, 2.75) is 12.7 Å². The zero-order valence-corrected chi connectivity index (χ0v) is 11.6. The number of non-ortho nitro benzene ring substituents is 1. The standard InChI is InChI=1S/C10H10N4O3S2/c1-2-17-10(18)19-6-7-3-4-8(14(15)16)5-9(7)12-13-11/h3-5H,2,6H2,1H3. The minimum atomic E-state index is -0.544. The van der Waals surface area contributed by atoms with Gasteiger partial charge in [0, 0.05) is 28.5 Å². The van der Waals surface area contributed by atoms with Gasteiger partial charge >= 0.3 is 0 Å². The van der Waals surface area contributed by atoms with E-state index in [1.54, 1.807) is 6.07 Å². The second-order valence-corrected chi connectivity index (χ2v) is 4.81. The van der Waals surface area contributed by atoms with Gasteiger partial charge in [0.25, 0.3) is 5.69 Å². The maximum Gasteiger partial charge on any atom is 0.269 e. The van der Waals surface area contributed by atoms with Crippen LogP contribution < -0.4 is 0 Å². The molecule has 1 aromatic rings. The van der Waals surface area contributed by atoms with Gasteiger partial charge in [-0.1, -0.05) is 22.9 Å². The Hall–Kier alpha value is -1.83. The van der Waals surface area contributed by atoms with Crippen LogP contribution in [0.5, 0.6) is 0 Å². The summed E-state index contributed by atoms with van der Waals surface area (Å²) in [5.41, 5.74) is 9.23. The molecule has 0 aliphatic rings. The van der Waals surface area contributed by atoms with Crippen LogP contribution in [0.25, 0.3) is 10.4 Å². The fourth-order valence-electron chi connectivity index (χ4n) is 1.23. The van der Waals surface area contributed by atoms with E-state index in [-0.39, 0.29) is 11.4 Å². The molecule has 1 aromatic carbocycles. The fourth-order valence-corrected chi connectivity index (χ4v) is 2.24. The monoisotopic (exact) mass is 298 g/mol. The first kappa shape index (κ1) is 15.2. The van der Waals surface area contributed by atoms with Crippen molar-refractivity contribution in [2.24, 2.45) is 5.11 Å². The fraction of sp³-hybridized carbons (Fsp3) is 0.300. The summed E-state index contributed by atoms with van der Waals surface area (Å²) in [6.45, 7) is 2.31. The molecule has 9 heteroatoms. The van der Waals surface area contributed by atoms with E-state index >= 15 is 0 Å². The van der Waals surface area contributed by atoms with Crippen molar-refractivity contribution in [2.75, 3.05) is 6.61 Å². The molecule has 0 N–H and O–H groups in total. The first-order chi connectivity index (χ1) is 9.08. The van der Waals surface area contributed by atoms with Crippen molar-refractivity contribution < 1.29 is 9.66 Å². The first-order valence-corrected chi connectivity index (χ1v) is 6.59. The second-order valence-electron chi connectivity index (χ2n) is 3.23. The normalized spacial score (nSPS) is 9.53. The highest BCUT2D eigenvalue weighted by atomic mass is 32.2. The third-order valence-corrected chi connectivity index (χ3v) is 3.32. The molecule has 0 unspecified atom stereocenters. The van der Waals surface area contributed by atoms with Crippen LogP contribution in [0.4, 0.5) is 11.4 Å². The average molecular weight is 298 g/mol. The molecule has 7 nitrogen and oxygen atoms in total. The molecular formula is C10H10N4O3S2. The van der Waals surface area contributed by atoms with Crippen molar-refractivity contribution in [3.63, 3.8) is 0 Å². The predicted octanol–water partition coefficient (Wildman–Crippen LogP) is 4.09. The van der Waals surface area contributed by atoms with E-state index < -0.39 is 4.92 Å². The number of nitro benzene ring substituents is 1. The molecule has 0 aliphatic heterocycles. The summed E-state index contributed by atoms with van der Waals surface area (Å²) in [6.07, 6.45) is 0. The van der Waals surface area contributed by atoms with Gasteiger partial charge in [-0.05, 0) is 30.2 Å². The van der Waals surface area contributed by atoms with E-state index in [4.69, 9.17) is 22.5 Å². The number of nitrogens with zero attached hydrogens (tertiary/aromatic N) is 4.